The monoisotopic (exact) mass is 218 g/mol. The molecule has 0 aliphatic carbocycles. The van der Waals surface area contributed by atoms with Crippen LogP contribution in [0.4, 0.5) is 4.79 Å². The Bertz CT molecular complexity index is 367. The lowest BCUT2D eigenvalue weighted by molar-refractivity contribution is 0.210. The summed E-state index contributed by atoms with van der Waals surface area (Å²) in [6.07, 6.45) is 1.71. The Hall–Kier alpha value is -1.77. The van der Waals surface area contributed by atoms with Gasteiger partial charge in [-0.2, -0.15) is 0 Å². The van der Waals surface area contributed by atoms with Gasteiger partial charge in [-0.3, -0.25) is 0 Å². The van der Waals surface area contributed by atoms with Gasteiger partial charge in [0.05, 0.1) is 0 Å². The molecule has 0 unspecified atom stereocenters. The first-order valence-corrected chi connectivity index (χ1v) is 5.28. The molecule has 0 fully saturated rings. The van der Waals surface area contributed by atoms with Gasteiger partial charge in [0.25, 0.3) is 0 Å². The van der Waals surface area contributed by atoms with Crippen molar-refractivity contribution in [2.24, 2.45) is 0 Å². The Morgan fingerprint density at radius 1 is 1.31 bits per heavy atom. The van der Waals surface area contributed by atoms with Crippen molar-refractivity contribution in [3.8, 4) is 0 Å². The summed E-state index contributed by atoms with van der Waals surface area (Å²) in [5, 5.41) is 2.73. The van der Waals surface area contributed by atoms with Crippen molar-refractivity contribution in [1.29, 1.82) is 0 Å². The van der Waals surface area contributed by atoms with E-state index in [2.05, 4.69) is 5.32 Å². The number of nitrogens with one attached hydrogen (secondary N) is 1. The molecule has 0 bridgehead atoms. The van der Waals surface area contributed by atoms with E-state index < -0.39 is 0 Å². The smallest absolute Gasteiger partial charge is 0.321 e. The van der Waals surface area contributed by atoms with Crippen molar-refractivity contribution in [2.75, 3.05) is 7.05 Å². The lowest BCUT2D eigenvalue weighted by Crippen LogP contribution is -2.33. The van der Waals surface area contributed by atoms with Gasteiger partial charge in [0.2, 0.25) is 0 Å². The zero-order valence-corrected chi connectivity index (χ0v) is 10.0. The van der Waals surface area contributed by atoms with Crippen LogP contribution in [0.3, 0.4) is 0 Å². The van der Waals surface area contributed by atoms with Gasteiger partial charge in [-0.05, 0) is 19.4 Å². The molecule has 0 aliphatic rings. The number of benzene rings is 1. The molecule has 1 N–H and O–H groups in total. The van der Waals surface area contributed by atoms with E-state index in [1.165, 1.54) is 0 Å². The van der Waals surface area contributed by atoms with E-state index >= 15 is 0 Å². The molecule has 0 atom stereocenters. The first kappa shape index (κ1) is 12.3. The summed E-state index contributed by atoms with van der Waals surface area (Å²) in [6, 6.07) is 9.82. The predicted octanol–water partition coefficient (Wildman–Crippen LogP) is 2.75. The third kappa shape index (κ3) is 4.17. The Labute approximate surface area is 96.8 Å². The first-order chi connectivity index (χ1) is 7.59. The molecule has 86 valence electrons. The summed E-state index contributed by atoms with van der Waals surface area (Å²) in [7, 11) is 1.78. The molecular formula is C13H18N2O. The average molecular weight is 218 g/mol. The number of hydrogen-bond donors (Lipinski definition) is 1. The minimum absolute atomic E-state index is 0.0925. The third-order valence-electron chi connectivity index (χ3n) is 2.09. The van der Waals surface area contributed by atoms with E-state index in [0.29, 0.717) is 6.54 Å². The van der Waals surface area contributed by atoms with Crippen LogP contribution in [-0.2, 0) is 6.54 Å². The number of hydrogen-bond acceptors (Lipinski definition) is 1. The lowest BCUT2D eigenvalue weighted by Gasteiger charge is -2.16. The fourth-order valence-corrected chi connectivity index (χ4v) is 1.25. The fraction of sp³-hybridized carbons (Fsp3) is 0.308. The molecule has 1 aromatic carbocycles. The largest absolute Gasteiger partial charge is 0.323 e. The second-order valence-corrected chi connectivity index (χ2v) is 4.01. The van der Waals surface area contributed by atoms with Gasteiger partial charge in [0.15, 0.2) is 0 Å². The standard InChI is InChI=1S/C13H18N2O/c1-11(2)9-14-13(16)15(3)10-12-7-5-4-6-8-12/h4-9H,10H2,1-3H3,(H,14,16). The number of rotatable bonds is 3. The maximum Gasteiger partial charge on any atom is 0.321 e. The zero-order valence-electron chi connectivity index (χ0n) is 10.0. The van der Waals surface area contributed by atoms with Crippen LogP contribution in [0.15, 0.2) is 42.1 Å². The molecule has 0 radical (unpaired) electrons. The summed E-state index contributed by atoms with van der Waals surface area (Å²) in [5.41, 5.74) is 2.19. The molecule has 1 rings (SSSR count). The summed E-state index contributed by atoms with van der Waals surface area (Å²) < 4.78 is 0. The quantitative estimate of drug-likeness (QED) is 0.831. The van der Waals surface area contributed by atoms with Gasteiger partial charge in [-0.15, -0.1) is 0 Å². The second kappa shape index (κ2) is 5.95. The van der Waals surface area contributed by atoms with Crippen molar-refractivity contribution >= 4 is 6.03 Å². The van der Waals surface area contributed by atoms with Crippen LogP contribution in [0.5, 0.6) is 0 Å². The number of allylic oxidation sites excluding steroid dienone is 1. The van der Waals surface area contributed by atoms with E-state index in [1.807, 2.05) is 44.2 Å². The van der Waals surface area contributed by atoms with E-state index in [-0.39, 0.29) is 6.03 Å². The third-order valence-corrected chi connectivity index (χ3v) is 2.09. The maximum atomic E-state index is 11.6. The second-order valence-electron chi connectivity index (χ2n) is 4.01. The fourth-order valence-electron chi connectivity index (χ4n) is 1.25. The van der Waals surface area contributed by atoms with Crippen molar-refractivity contribution in [2.45, 2.75) is 20.4 Å². The van der Waals surface area contributed by atoms with Crippen LogP contribution in [0.25, 0.3) is 0 Å². The molecule has 0 spiro atoms. The van der Waals surface area contributed by atoms with Gasteiger partial charge in [-0.25, -0.2) is 4.79 Å². The Morgan fingerprint density at radius 2 is 1.94 bits per heavy atom. The minimum Gasteiger partial charge on any atom is -0.323 e. The Balaban J connectivity index is 2.49. The van der Waals surface area contributed by atoms with Crippen molar-refractivity contribution < 1.29 is 4.79 Å². The summed E-state index contributed by atoms with van der Waals surface area (Å²) in [6.45, 7) is 4.50. The topological polar surface area (TPSA) is 32.3 Å². The van der Waals surface area contributed by atoms with Crippen LogP contribution in [0.1, 0.15) is 19.4 Å². The molecule has 3 heteroatoms. The molecule has 0 aliphatic heterocycles. The molecule has 0 saturated carbocycles. The molecule has 1 aromatic rings. The lowest BCUT2D eigenvalue weighted by atomic mass is 10.2. The van der Waals surface area contributed by atoms with Crippen LogP contribution >= 0.6 is 0 Å². The van der Waals surface area contributed by atoms with Crippen LogP contribution in [0.2, 0.25) is 0 Å². The highest BCUT2D eigenvalue weighted by molar-refractivity contribution is 5.74. The van der Waals surface area contributed by atoms with Gasteiger partial charge in [0, 0.05) is 19.8 Å². The van der Waals surface area contributed by atoms with Crippen LogP contribution in [-0.4, -0.2) is 18.0 Å². The number of carbonyl (C=O) groups is 1. The number of nitrogens with zero attached hydrogens (tertiary/aromatic N) is 1. The predicted molar refractivity (Wildman–Crippen MR) is 65.9 cm³/mol. The highest BCUT2D eigenvalue weighted by atomic mass is 16.2. The number of carbonyl (C=O) groups excluding carboxylic acids is 1. The number of amides is 2. The molecule has 0 aromatic heterocycles. The van der Waals surface area contributed by atoms with E-state index in [4.69, 9.17) is 0 Å². The molecular weight excluding hydrogens is 200 g/mol. The summed E-state index contributed by atoms with van der Waals surface area (Å²) in [5.74, 6) is 0. The molecule has 0 heterocycles. The minimum atomic E-state index is -0.0925. The number of urea groups is 1. The highest BCUT2D eigenvalue weighted by Crippen LogP contribution is 2.02. The average Bonchev–Trinajstić information content (AvgIpc) is 2.27. The Morgan fingerprint density at radius 3 is 2.50 bits per heavy atom. The van der Waals surface area contributed by atoms with Crippen LogP contribution in [0, 0.1) is 0 Å². The normalized spacial score (nSPS) is 9.44. The molecule has 2 amide bonds. The Kier molecular flexibility index (Phi) is 4.58. The highest BCUT2D eigenvalue weighted by Gasteiger charge is 2.06. The van der Waals surface area contributed by atoms with Crippen LogP contribution < -0.4 is 5.32 Å². The van der Waals surface area contributed by atoms with E-state index in [9.17, 15) is 4.79 Å². The van der Waals surface area contributed by atoms with Gasteiger partial charge < -0.3 is 10.2 Å². The zero-order chi connectivity index (χ0) is 12.0. The maximum absolute atomic E-state index is 11.6. The van der Waals surface area contributed by atoms with E-state index in [1.54, 1.807) is 18.1 Å². The van der Waals surface area contributed by atoms with Gasteiger partial charge in [0.1, 0.15) is 0 Å². The van der Waals surface area contributed by atoms with Gasteiger partial charge in [-0.1, -0.05) is 35.9 Å². The molecule has 16 heavy (non-hydrogen) atoms. The SMILES string of the molecule is CC(C)=CNC(=O)N(C)Cc1ccccc1. The molecule has 0 saturated heterocycles. The molecule has 3 nitrogen and oxygen atoms in total. The van der Waals surface area contributed by atoms with E-state index in [0.717, 1.165) is 11.1 Å². The van der Waals surface area contributed by atoms with Crippen molar-refractivity contribution in [3.63, 3.8) is 0 Å². The van der Waals surface area contributed by atoms with Crippen molar-refractivity contribution in [3.05, 3.63) is 47.7 Å². The van der Waals surface area contributed by atoms with Crippen molar-refractivity contribution in [1.82, 2.24) is 10.2 Å². The summed E-state index contributed by atoms with van der Waals surface area (Å²) >= 11 is 0. The first-order valence-electron chi connectivity index (χ1n) is 5.28. The van der Waals surface area contributed by atoms with Gasteiger partial charge >= 0.3 is 6.03 Å². The summed E-state index contributed by atoms with van der Waals surface area (Å²) in [4.78, 5) is 13.3.